The van der Waals surface area contributed by atoms with Crippen LogP contribution in [0.3, 0.4) is 0 Å². The highest BCUT2D eigenvalue weighted by Gasteiger charge is 2.44. The Kier molecular flexibility index (Phi) is 5.44. The van der Waals surface area contributed by atoms with Crippen molar-refractivity contribution >= 4 is 0 Å². The summed E-state index contributed by atoms with van der Waals surface area (Å²) in [5.74, 6) is 0.795. The predicted molar refractivity (Wildman–Crippen MR) is 88.4 cm³/mol. The Morgan fingerprint density at radius 3 is 2.76 bits per heavy atom. The summed E-state index contributed by atoms with van der Waals surface area (Å²) >= 11 is 0. The first-order valence-corrected chi connectivity index (χ1v) is 8.46. The molecule has 21 heavy (non-hydrogen) atoms. The van der Waals surface area contributed by atoms with Crippen molar-refractivity contribution in [3.8, 4) is 0 Å². The minimum Gasteiger partial charge on any atom is -0.309 e. The van der Waals surface area contributed by atoms with E-state index in [2.05, 4.69) is 62.6 Å². The van der Waals surface area contributed by atoms with E-state index in [-0.39, 0.29) is 5.54 Å². The summed E-state index contributed by atoms with van der Waals surface area (Å²) in [6.07, 6.45) is 9.49. The van der Waals surface area contributed by atoms with Crippen molar-refractivity contribution < 1.29 is 0 Å². The van der Waals surface area contributed by atoms with Gasteiger partial charge in [-0.05, 0) is 46.3 Å². The summed E-state index contributed by atoms with van der Waals surface area (Å²) in [4.78, 5) is 2.46. The molecule has 0 aromatic carbocycles. The molecule has 1 fully saturated rings. The molecular formula is C17H32N4. The third-order valence-corrected chi connectivity index (χ3v) is 5.16. The van der Waals surface area contributed by atoms with Gasteiger partial charge in [0, 0.05) is 23.8 Å². The molecule has 1 saturated carbocycles. The van der Waals surface area contributed by atoms with Gasteiger partial charge in [0.05, 0.1) is 12.2 Å². The van der Waals surface area contributed by atoms with Crippen LogP contribution in [0.5, 0.6) is 0 Å². The van der Waals surface area contributed by atoms with Gasteiger partial charge >= 0.3 is 0 Å². The van der Waals surface area contributed by atoms with E-state index < -0.39 is 0 Å². The second-order valence-electron chi connectivity index (χ2n) is 6.82. The predicted octanol–water partition coefficient (Wildman–Crippen LogP) is 3.06. The molecule has 0 amide bonds. The molecule has 0 spiro atoms. The SMILES string of the molecule is CCNC(c1cnn(CC)c1)C1(N(C)C)CCCC(C)C1. The van der Waals surface area contributed by atoms with Crippen LogP contribution >= 0.6 is 0 Å². The van der Waals surface area contributed by atoms with Crippen LogP contribution in [0.1, 0.15) is 58.1 Å². The van der Waals surface area contributed by atoms with Crippen molar-refractivity contribution in [3.05, 3.63) is 18.0 Å². The molecule has 1 heterocycles. The Bertz CT molecular complexity index is 440. The maximum atomic E-state index is 4.50. The summed E-state index contributed by atoms with van der Waals surface area (Å²) < 4.78 is 2.04. The maximum absolute atomic E-state index is 4.50. The Morgan fingerprint density at radius 1 is 1.48 bits per heavy atom. The lowest BCUT2D eigenvalue weighted by molar-refractivity contribution is 0.0372. The summed E-state index contributed by atoms with van der Waals surface area (Å²) in [5, 5.41) is 8.25. The highest BCUT2D eigenvalue weighted by Crippen LogP contribution is 2.43. The Morgan fingerprint density at radius 2 is 2.24 bits per heavy atom. The molecule has 0 aliphatic heterocycles. The first-order valence-electron chi connectivity index (χ1n) is 8.46. The molecule has 1 aromatic heterocycles. The van der Waals surface area contributed by atoms with E-state index in [1.54, 1.807) is 0 Å². The zero-order valence-electron chi connectivity index (χ0n) is 14.4. The highest BCUT2D eigenvalue weighted by atomic mass is 15.3. The van der Waals surface area contributed by atoms with Gasteiger partial charge in [-0.25, -0.2) is 0 Å². The zero-order chi connectivity index (χ0) is 15.5. The number of hydrogen-bond donors (Lipinski definition) is 1. The summed E-state index contributed by atoms with van der Waals surface area (Å²) in [6.45, 7) is 8.67. The smallest absolute Gasteiger partial charge is 0.0538 e. The lowest BCUT2D eigenvalue weighted by atomic mass is 9.70. The van der Waals surface area contributed by atoms with Crippen molar-refractivity contribution in [2.75, 3.05) is 20.6 Å². The van der Waals surface area contributed by atoms with E-state index in [0.717, 1.165) is 19.0 Å². The van der Waals surface area contributed by atoms with E-state index >= 15 is 0 Å². The van der Waals surface area contributed by atoms with Crippen LogP contribution in [0.4, 0.5) is 0 Å². The minimum atomic E-state index is 0.204. The van der Waals surface area contributed by atoms with Crippen molar-refractivity contribution in [2.45, 2.75) is 64.6 Å². The van der Waals surface area contributed by atoms with E-state index in [1.807, 2.05) is 4.68 Å². The zero-order valence-corrected chi connectivity index (χ0v) is 14.4. The molecule has 0 radical (unpaired) electrons. The first kappa shape index (κ1) is 16.5. The van der Waals surface area contributed by atoms with E-state index in [1.165, 1.54) is 31.2 Å². The average Bonchev–Trinajstić information content (AvgIpc) is 2.93. The molecule has 0 bridgehead atoms. The summed E-state index contributed by atoms with van der Waals surface area (Å²) in [7, 11) is 4.49. The van der Waals surface area contributed by atoms with E-state index in [4.69, 9.17) is 0 Å². The Labute approximate surface area is 129 Å². The molecule has 2 rings (SSSR count). The van der Waals surface area contributed by atoms with Gasteiger partial charge in [-0.2, -0.15) is 5.10 Å². The van der Waals surface area contributed by atoms with Gasteiger partial charge in [-0.3, -0.25) is 4.68 Å². The molecule has 3 atom stereocenters. The van der Waals surface area contributed by atoms with Crippen LogP contribution in [-0.4, -0.2) is 40.9 Å². The van der Waals surface area contributed by atoms with E-state index in [0.29, 0.717) is 6.04 Å². The third kappa shape index (κ3) is 3.32. The Hall–Kier alpha value is -0.870. The molecule has 120 valence electrons. The number of aromatic nitrogens is 2. The maximum Gasteiger partial charge on any atom is 0.0538 e. The highest BCUT2D eigenvalue weighted by molar-refractivity contribution is 5.19. The van der Waals surface area contributed by atoms with Crippen LogP contribution in [0.2, 0.25) is 0 Å². The molecule has 4 nitrogen and oxygen atoms in total. The van der Waals surface area contributed by atoms with Crippen LogP contribution < -0.4 is 5.32 Å². The van der Waals surface area contributed by atoms with E-state index in [9.17, 15) is 0 Å². The fourth-order valence-corrected chi connectivity index (χ4v) is 4.01. The van der Waals surface area contributed by atoms with Gasteiger partial charge in [0.25, 0.3) is 0 Å². The number of likely N-dealkylation sites (N-methyl/N-ethyl adjacent to an activating group) is 2. The topological polar surface area (TPSA) is 33.1 Å². The van der Waals surface area contributed by atoms with Crippen molar-refractivity contribution in [1.82, 2.24) is 20.0 Å². The largest absolute Gasteiger partial charge is 0.309 e. The van der Waals surface area contributed by atoms with Crippen LogP contribution in [0.25, 0.3) is 0 Å². The van der Waals surface area contributed by atoms with Gasteiger partial charge in [-0.15, -0.1) is 0 Å². The summed E-state index contributed by atoms with van der Waals surface area (Å²) in [5.41, 5.74) is 1.54. The van der Waals surface area contributed by atoms with Crippen molar-refractivity contribution in [1.29, 1.82) is 0 Å². The minimum absolute atomic E-state index is 0.204. The van der Waals surface area contributed by atoms with Gasteiger partial charge in [-0.1, -0.05) is 26.7 Å². The first-order chi connectivity index (χ1) is 10.0. The fraction of sp³-hybridized carbons (Fsp3) is 0.824. The average molecular weight is 292 g/mol. The number of nitrogens with one attached hydrogen (secondary N) is 1. The fourth-order valence-electron chi connectivity index (χ4n) is 4.01. The number of rotatable bonds is 6. The normalized spacial score (nSPS) is 28.0. The van der Waals surface area contributed by atoms with Gasteiger partial charge in [0.1, 0.15) is 0 Å². The summed E-state index contributed by atoms with van der Waals surface area (Å²) in [6, 6.07) is 0.362. The van der Waals surface area contributed by atoms with Crippen LogP contribution in [0, 0.1) is 5.92 Å². The molecule has 0 saturated heterocycles. The molecular weight excluding hydrogens is 260 g/mol. The van der Waals surface area contributed by atoms with Gasteiger partial charge in [0.2, 0.25) is 0 Å². The van der Waals surface area contributed by atoms with Crippen molar-refractivity contribution in [2.24, 2.45) is 5.92 Å². The van der Waals surface area contributed by atoms with Crippen LogP contribution in [-0.2, 0) is 6.54 Å². The molecule has 3 unspecified atom stereocenters. The lowest BCUT2D eigenvalue weighted by Crippen LogP contribution is -2.56. The second-order valence-corrected chi connectivity index (χ2v) is 6.82. The molecule has 1 aliphatic rings. The monoisotopic (exact) mass is 292 g/mol. The van der Waals surface area contributed by atoms with Crippen LogP contribution in [0.15, 0.2) is 12.4 Å². The molecule has 1 aromatic rings. The lowest BCUT2D eigenvalue weighted by Gasteiger charge is -2.50. The number of hydrogen-bond acceptors (Lipinski definition) is 3. The van der Waals surface area contributed by atoms with Gasteiger partial charge < -0.3 is 10.2 Å². The number of aryl methyl sites for hydroxylation is 1. The van der Waals surface area contributed by atoms with Crippen molar-refractivity contribution in [3.63, 3.8) is 0 Å². The third-order valence-electron chi connectivity index (χ3n) is 5.16. The number of nitrogens with zero attached hydrogens (tertiary/aromatic N) is 3. The standard InChI is InChI=1S/C17H32N4/c1-6-18-16(15-12-19-21(7-2)13-15)17(20(4)5)10-8-9-14(3)11-17/h12-14,16,18H,6-11H2,1-5H3. The molecule has 4 heteroatoms. The molecule has 1 N–H and O–H groups in total. The Balaban J connectivity index is 2.36. The quantitative estimate of drug-likeness (QED) is 0.875. The second kappa shape index (κ2) is 6.93. The van der Waals surface area contributed by atoms with Gasteiger partial charge in [0.15, 0.2) is 0 Å². The molecule has 1 aliphatic carbocycles.